The van der Waals surface area contributed by atoms with Crippen LogP contribution in [0.25, 0.3) is 0 Å². The molecule has 188 valence electrons. The molecule has 0 saturated carbocycles. The van der Waals surface area contributed by atoms with Crippen LogP contribution in [-0.2, 0) is 14.8 Å². The number of hydrogen-bond donors (Lipinski definition) is 2. The molecule has 11 nitrogen and oxygen atoms in total. The lowest BCUT2D eigenvalue weighted by molar-refractivity contribution is -0.121. The van der Waals surface area contributed by atoms with Crippen LogP contribution in [0.1, 0.15) is 29.8 Å². The van der Waals surface area contributed by atoms with Crippen molar-refractivity contribution in [2.45, 2.75) is 24.2 Å². The summed E-state index contributed by atoms with van der Waals surface area (Å²) in [5.74, 6) is 0.570. The van der Waals surface area contributed by atoms with E-state index in [1.54, 1.807) is 18.2 Å². The molecule has 4 rings (SSSR count). The summed E-state index contributed by atoms with van der Waals surface area (Å²) in [6.45, 7) is 1.71. The van der Waals surface area contributed by atoms with Crippen molar-refractivity contribution < 1.29 is 32.2 Å². The Labute approximate surface area is 203 Å². The Balaban J connectivity index is 1.51. The number of sulfonamides is 1. The Morgan fingerprint density at radius 3 is 2.49 bits per heavy atom. The predicted octanol–water partition coefficient (Wildman–Crippen LogP) is 0.952. The van der Waals surface area contributed by atoms with Gasteiger partial charge in [-0.1, -0.05) is 0 Å². The lowest BCUT2D eigenvalue weighted by atomic mass is 10.2. The Kier molecular flexibility index (Phi) is 8.03. The minimum Gasteiger partial charge on any atom is -0.489 e. The van der Waals surface area contributed by atoms with Gasteiger partial charge >= 0.3 is 0 Å². The zero-order chi connectivity index (χ0) is 24.7. The number of carbonyl (C=O) groups excluding carboxylic acids is 2. The van der Waals surface area contributed by atoms with Crippen LogP contribution in [-0.4, -0.2) is 75.5 Å². The van der Waals surface area contributed by atoms with Crippen LogP contribution in [0.15, 0.2) is 41.4 Å². The van der Waals surface area contributed by atoms with Gasteiger partial charge in [-0.3, -0.25) is 9.59 Å². The molecule has 0 saturated heterocycles. The number of pyridine rings is 1. The van der Waals surface area contributed by atoms with Gasteiger partial charge in [0.1, 0.15) is 19.8 Å². The molecule has 2 N–H and O–H groups in total. The smallest absolute Gasteiger partial charge is 0.273 e. The number of amides is 2. The fourth-order valence-electron chi connectivity index (χ4n) is 3.76. The van der Waals surface area contributed by atoms with Gasteiger partial charge in [-0.05, 0) is 37.1 Å². The van der Waals surface area contributed by atoms with Crippen molar-refractivity contribution in [2.24, 2.45) is 0 Å². The van der Waals surface area contributed by atoms with Crippen LogP contribution in [0.3, 0.4) is 0 Å². The van der Waals surface area contributed by atoms with Crippen molar-refractivity contribution in [3.8, 4) is 17.2 Å². The second kappa shape index (κ2) is 11.4. The van der Waals surface area contributed by atoms with Gasteiger partial charge in [0.2, 0.25) is 15.9 Å². The molecule has 1 aromatic carbocycles. The largest absolute Gasteiger partial charge is 0.489 e. The highest BCUT2D eigenvalue weighted by Crippen LogP contribution is 2.33. The number of nitrogens with zero attached hydrogens (tertiary/aromatic N) is 2. The number of ether oxygens (including phenoxy) is 3. The summed E-state index contributed by atoms with van der Waals surface area (Å²) in [7, 11) is -3.87. The van der Waals surface area contributed by atoms with Gasteiger partial charge in [0.25, 0.3) is 5.91 Å². The summed E-state index contributed by atoms with van der Waals surface area (Å²) >= 11 is 0. The van der Waals surface area contributed by atoms with Crippen LogP contribution in [0.4, 0.5) is 0 Å². The molecule has 2 aliphatic heterocycles. The van der Waals surface area contributed by atoms with Gasteiger partial charge in [-0.15, -0.1) is 0 Å². The predicted molar refractivity (Wildman–Crippen MR) is 125 cm³/mol. The Morgan fingerprint density at radius 1 is 0.857 bits per heavy atom. The molecular formula is C23H28N4O7S. The SMILES string of the molecule is O=C1CCCN(S(=O)(=O)c2ccc3c(c2)OCCO3)CCCNC(=O)c2ncccc2OCCN1. The van der Waals surface area contributed by atoms with Crippen LogP contribution < -0.4 is 24.8 Å². The summed E-state index contributed by atoms with van der Waals surface area (Å²) in [5, 5.41) is 5.51. The molecule has 0 aliphatic carbocycles. The maximum Gasteiger partial charge on any atom is 0.273 e. The summed E-state index contributed by atoms with van der Waals surface area (Å²) < 4.78 is 44.8. The first kappa shape index (κ1) is 24.7. The van der Waals surface area contributed by atoms with E-state index >= 15 is 0 Å². The molecule has 0 fully saturated rings. The van der Waals surface area contributed by atoms with E-state index in [2.05, 4.69) is 15.6 Å². The summed E-state index contributed by atoms with van der Waals surface area (Å²) in [6.07, 6.45) is 2.37. The van der Waals surface area contributed by atoms with Crippen LogP contribution >= 0.6 is 0 Å². The van der Waals surface area contributed by atoms with Crippen molar-refractivity contribution in [1.82, 2.24) is 19.9 Å². The zero-order valence-corrected chi connectivity index (χ0v) is 20.0. The van der Waals surface area contributed by atoms with Crippen molar-refractivity contribution in [3.05, 3.63) is 42.2 Å². The minimum absolute atomic E-state index is 0.0833. The monoisotopic (exact) mass is 504 g/mol. The number of hydrogen-bond acceptors (Lipinski definition) is 8. The highest BCUT2D eigenvalue weighted by Gasteiger charge is 2.26. The maximum atomic E-state index is 13.4. The first-order valence-electron chi connectivity index (χ1n) is 11.5. The lowest BCUT2D eigenvalue weighted by Crippen LogP contribution is -2.36. The number of aromatic nitrogens is 1. The molecular weight excluding hydrogens is 476 g/mol. The molecule has 0 atom stereocenters. The van der Waals surface area contributed by atoms with Gasteiger partial charge in [0.15, 0.2) is 22.9 Å². The molecule has 3 heterocycles. The first-order chi connectivity index (χ1) is 16.9. The molecule has 2 amide bonds. The van der Waals surface area contributed by atoms with Crippen LogP contribution in [0, 0.1) is 0 Å². The number of rotatable bonds is 2. The summed E-state index contributed by atoms with van der Waals surface area (Å²) in [6, 6.07) is 7.81. The quantitative estimate of drug-likeness (QED) is 0.617. The number of benzene rings is 1. The lowest BCUT2D eigenvalue weighted by Gasteiger charge is -2.24. The standard InChI is InChI=1S/C23H28N4O7S/c28-21-5-2-11-27(35(30,31)17-6-7-18-20(16-17)34-15-14-33-18)12-3-9-26-23(29)22-19(4-1-8-25-22)32-13-10-24-21/h1,4,6-8,16H,2-3,5,9-15H2,(H,24,28)(H,26,29). The summed E-state index contributed by atoms with van der Waals surface area (Å²) in [4.78, 5) is 29.0. The third kappa shape index (κ3) is 6.20. The number of nitrogens with one attached hydrogen (secondary N) is 2. The second-order valence-electron chi connectivity index (χ2n) is 7.97. The number of fused-ring (bicyclic) bond motifs is 2. The van der Waals surface area contributed by atoms with E-state index in [0.717, 1.165) is 0 Å². The molecule has 0 bridgehead atoms. The van der Waals surface area contributed by atoms with Crippen molar-refractivity contribution >= 4 is 21.8 Å². The maximum absolute atomic E-state index is 13.4. The fourth-order valence-corrected chi connectivity index (χ4v) is 5.29. The van der Waals surface area contributed by atoms with E-state index in [9.17, 15) is 18.0 Å². The molecule has 1 aromatic heterocycles. The van der Waals surface area contributed by atoms with E-state index < -0.39 is 15.9 Å². The topological polar surface area (TPSA) is 136 Å². The minimum atomic E-state index is -3.87. The Bertz CT molecular complexity index is 1170. The van der Waals surface area contributed by atoms with Gasteiger partial charge in [0.05, 0.1) is 11.4 Å². The van der Waals surface area contributed by atoms with E-state index in [1.807, 2.05) is 0 Å². The third-order valence-corrected chi connectivity index (χ3v) is 7.39. The molecule has 0 spiro atoms. The van der Waals surface area contributed by atoms with Gasteiger partial charge < -0.3 is 24.8 Å². The normalized spacial score (nSPS) is 18.5. The van der Waals surface area contributed by atoms with Crippen molar-refractivity contribution in [2.75, 3.05) is 46.0 Å². The molecule has 12 heteroatoms. The first-order valence-corrected chi connectivity index (χ1v) is 12.9. The van der Waals surface area contributed by atoms with Gasteiger partial charge in [0, 0.05) is 38.3 Å². The summed E-state index contributed by atoms with van der Waals surface area (Å²) in [5.41, 5.74) is 0.131. The molecule has 0 radical (unpaired) electrons. The van der Waals surface area contributed by atoms with E-state index in [1.165, 1.54) is 22.6 Å². The van der Waals surface area contributed by atoms with Crippen LogP contribution in [0.2, 0.25) is 0 Å². The fraction of sp³-hybridized carbons (Fsp3) is 0.435. The zero-order valence-electron chi connectivity index (χ0n) is 19.2. The highest BCUT2D eigenvalue weighted by molar-refractivity contribution is 7.89. The molecule has 2 aromatic rings. The van der Waals surface area contributed by atoms with Crippen molar-refractivity contribution in [3.63, 3.8) is 0 Å². The highest BCUT2D eigenvalue weighted by atomic mass is 32.2. The van der Waals surface area contributed by atoms with E-state index in [-0.39, 0.29) is 55.7 Å². The van der Waals surface area contributed by atoms with Gasteiger partial charge in [-0.25, -0.2) is 13.4 Å². The second-order valence-corrected chi connectivity index (χ2v) is 9.91. The van der Waals surface area contributed by atoms with Crippen molar-refractivity contribution in [1.29, 1.82) is 0 Å². The molecule has 35 heavy (non-hydrogen) atoms. The average molecular weight is 505 g/mol. The molecule has 2 aliphatic rings. The van der Waals surface area contributed by atoms with Gasteiger partial charge in [-0.2, -0.15) is 4.31 Å². The van der Waals surface area contributed by atoms with E-state index in [0.29, 0.717) is 43.3 Å². The van der Waals surface area contributed by atoms with Crippen LogP contribution in [0.5, 0.6) is 17.2 Å². The third-order valence-electron chi connectivity index (χ3n) is 5.50. The Hall–Kier alpha value is -3.38. The average Bonchev–Trinajstić information content (AvgIpc) is 2.87. The Morgan fingerprint density at radius 2 is 1.63 bits per heavy atom. The van der Waals surface area contributed by atoms with E-state index in [4.69, 9.17) is 14.2 Å². The molecule has 0 unspecified atom stereocenters. The number of carbonyl (C=O) groups is 2.